The number of cyclic esters (lactones) is 1. The molecule has 0 aromatic rings. The summed E-state index contributed by atoms with van der Waals surface area (Å²) in [6.45, 7) is 2.31. The second kappa shape index (κ2) is 7.70. The van der Waals surface area contributed by atoms with Crippen molar-refractivity contribution < 1.29 is 18.3 Å². The topological polar surface area (TPSA) is 26.3 Å². The molecular formula is C14H24F2O2. The largest absolute Gasteiger partial charge is 0.465 e. The first kappa shape index (κ1) is 15.4. The molecule has 1 heterocycles. The average molecular weight is 262 g/mol. The Labute approximate surface area is 108 Å². The number of carbonyl (C=O) groups excluding carboxylic acids is 1. The molecule has 0 amide bonds. The minimum atomic E-state index is -2.51. The first-order valence-corrected chi connectivity index (χ1v) is 7.03. The van der Waals surface area contributed by atoms with Gasteiger partial charge in [-0.1, -0.05) is 19.8 Å². The van der Waals surface area contributed by atoms with Crippen LogP contribution in [0.15, 0.2) is 0 Å². The van der Waals surface area contributed by atoms with Crippen LogP contribution in [0.25, 0.3) is 0 Å². The Hall–Kier alpha value is -0.670. The second-order valence-corrected chi connectivity index (χ2v) is 5.45. The van der Waals surface area contributed by atoms with Gasteiger partial charge in [-0.15, -0.1) is 0 Å². The standard InChI is InChI=1S/C14H24F2O2/c1-12-7-6-10-14(15,16)9-5-3-2-4-8-13(17)18-11-12/h12H,2-11H2,1H3/t12-/m1/s1. The molecule has 1 aliphatic rings. The fourth-order valence-corrected chi connectivity index (χ4v) is 2.23. The van der Waals surface area contributed by atoms with Crippen LogP contribution in [0.4, 0.5) is 8.78 Å². The van der Waals surface area contributed by atoms with E-state index in [2.05, 4.69) is 0 Å². The normalized spacial score (nSPS) is 28.2. The van der Waals surface area contributed by atoms with E-state index in [1.165, 1.54) is 0 Å². The van der Waals surface area contributed by atoms with Crippen molar-refractivity contribution in [3.05, 3.63) is 0 Å². The lowest BCUT2D eigenvalue weighted by atomic mass is 9.99. The van der Waals surface area contributed by atoms with Crippen LogP contribution in [0.3, 0.4) is 0 Å². The molecule has 18 heavy (non-hydrogen) atoms. The van der Waals surface area contributed by atoms with E-state index >= 15 is 0 Å². The van der Waals surface area contributed by atoms with Crippen molar-refractivity contribution in [2.75, 3.05) is 6.61 Å². The van der Waals surface area contributed by atoms with Crippen LogP contribution >= 0.6 is 0 Å². The third kappa shape index (κ3) is 6.92. The molecule has 106 valence electrons. The van der Waals surface area contributed by atoms with Gasteiger partial charge in [0.25, 0.3) is 0 Å². The van der Waals surface area contributed by atoms with Crippen LogP contribution in [0.5, 0.6) is 0 Å². The van der Waals surface area contributed by atoms with Crippen LogP contribution in [0, 0.1) is 5.92 Å². The number of carbonyl (C=O) groups is 1. The summed E-state index contributed by atoms with van der Waals surface area (Å²) in [5, 5.41) is 0. The van der Waals surface area contributed by atoms with Crippen molar-refractivity contribution in [1.29, 1.82) is 0 Å². The first-order valence-electron chi connectivity index (χ1n) is 7.03. The lowest BCUT2D eigenvalue weighted by molar-refractivity contribution is -0.145. The van der Waals surface area contributed by atoms with Crippen LogP contribution in [0.2, 0.25) is 0 Å². The Morgan fingerprint density at radius 2 is 1.78 bits per heavy atom. The predicted octanol–water partition coefficient (Wildman–Crippen LogP) is 4.33. The Balaban J connectivity index is 2.40. The van der Waals surface area contributed by atoms with Gasteiger partial charge in [-0.2, -0.15) is 0 Å². The minimum Gasteiger partial charge on any atom is -0.465 e. The first-order chi connectivity index (χ1) is 8.49. The van der Waals surface area contributed by atoms with E-state index in [0.717, 1.165) is 19.3 Å². The lowest BCUT2D eigenvalue weighted by Gasteiger charge is -2.18. The highest BCUT2D eigenvalue weighted by Crippen LogP contribution is 2.29. The maximum atomic E-state index is 13.5. The fourth-order valence-electron chi connectivity index (χ4n) is 2.23. The van der Waals surface area contributed by atoms with Crippen molar-refractivity contribution in [2.24, 2.45) is 5.92 Å². The SMILES string of the molecule is C[C@@H]1CCCC(F)(F)CCCCCCC(=O)OC1. The molecule has 0 spiro atoms. The van der Waals surface area contributed by atoms with Gasteiger partial charge in [0.15, 0.2) is 0 Å². The predicted molar refractivity (Wildman–Crippen MR) is 66.6 cm³/mol. The number of ether oxygens (including phenoxy) is 1. The zero-order chi connectivity index (χ0) is 13.4. The Morgan fingerprint density at radius 3 is 2.56 bits per heavy atom. The molecule has 0 aliphatic carbocycles. The lowest BCUT2D eigenvalue weighted by Crippen LogP contribution is -2.17. The van der Waals surface area contributed by atoms with E-state index in [9.17, 15) is 13.6 Å². The quantitative estimate of drug-likeness (QED) is 0.607. The Bertz CT molecular complexity index is 254. The molecule has 1 fully saturated rings. The molecule has 1 atom stereocenters. The van der Waals surface area contributed by atoms with Gasteiger partial charge >= 0.3 is 5.97 Å². The minimum absolute atomic E-state index is 0.00811. The molecule has 0 aromatic carbocycles. The third-order valence-electron chi connectivity index (χ3n) is 3.44. The number of alkyl halides is 2. The molecule has 0 aromatic heterocycles. The summed E-state index contributed by atoms with van der Waals surface area (Å²) in [5.41, 5.74) is 0. The summed E-state index contributed by atoms with van der Waals surface area (Å²) in [5.74, 6) is -2.49. The number of hydrogen-bond donors (Lipinski definition) is 0. The fraction of sp³-hybridized carbons (Fsp3) is 0.929. The van der Waals surface area contributed by atoms with E-state index in [0.29, 0.717) is 32.3 Å². The second-order valence-electron chi connectivity index (χ2n) is 5.45. The van der Waals surface area contributed by atoms with Crippen LogP contribution in [-0.4, -0.2) is 18.5 Å². The summed E-state index contributed by atoms with van der Waals surface area (Å²) in [4.78, 5) is 11.4. The zero-order valence-electron chi connectivity index (χ0n) is 11.2. The molecular weight excluding hydrogens is 238 g/mol. The summed E-state index contributed by atoms with van der Waals surface area (Å²) < 4.78 is 32.1. The van der Waals surface area contributed by atoms with Gasteiger partial charge in [-0.25, -0.2) is 8.78 Å². The van der Waals surface area contributed by atoms with E-state index < -0.39 is 5.92 Å². The van der Waals surface area contributed by atoms with Gasteiger partial charge in [0, 0.05) is 19.3 Å². The van der Waals surface area contributed by atoms with Crippen molar-refractivity contribution in [3.8, 4) is 0 Å². The zero-order valence-corrected chi connectivity index (χ0v) is 11.2. The van der Waals surface area contributed by atoms with Crippen molar-refractivity contribution in [1.82, 2.24) is 0 Å². The van der Waals surface area contributed by atoms with E-state index in [4.69, 9.17) is 4.74 Å². The summed E-state index contributed by atoms with van der Waals surface area (Å²) >= 11 is 0. The maximum Gasteiger partial charge on any atom is 0.305 e. The van der Waals surface area contributed by atoms with Crippen LogP contribution in [-0.2, 0) is 9.53 Å². The molecule has 4 heteroatoms. The summed E-state index contributed by atoms with van der Waals surface area (Å²) in [7, 11) is 0. The molecule has 0 bridgehead atoms. The van der Waals surface area contributed by atoms with Gasteiger partial charge < -0.3 is 4.74 Å². The average Bonchev–Trinajstić information content (AvgIpc) is 2.30. The van der Waals surface area contributed by atoms with Gasteiger partial charge in [-0.3, -0.25) is 4.79 Å². The molecule has 0 radical (unpaired) electrons. The van der Waals surface area contributed by atoms with E-state index in [1.807, 2.05) is 6.92 Å². The Kier molecular flexibility index (Phi) is 6.58. The van der Waals surface area contributed by atoms with Gasteiger partial charge in [0.1, 0.15) is 0 Å². The number of hydrogen-bond acceptors (Lipinski definition) is 2. The summed E-state index contributed by atoms with van der Waals surface area (Å²) in [6.07, 6.45) is 4.49. The van der Waals surface area contributed by atoms with Gasteiger partial charge in [0.05, 0.1) is 6.61 Å². The smallest absolute Gasteiger partial charge is 0.305 e. The molecule has 1 saturated heterocycles. The van der Waals surface area contributed by atoms with E-state index in [-0.39, 0.29) is 24.7 Å². The molecule has 0 saturated carbocycles. The molecule has 0 N–H and O–H groups in total. The van der Waals surface area contributed by atoms with Crippen LogP contribution < -0.4 is 0 Å². The van der Waals surface area contributed by atoms with Gasteiger partial charge in [0.2, 0.25) is 5.92 Å². The number of esters is 1. The van der Waals surface area contributed by atoms with Crippen LogP contribution in [0.1, 0.15) is 64.7 Å². The van der Waals surface area contributed by atoms with Crippen molar-refractivity contribution >= 4 is 5.97 Å². The molecule has 0 unspecified atom stereocenters. The third-order valence-corrected chi connectivity index (χ3v) is 3.44. The van der Waals surface area contributed by atoms with Crippen molar-refractivity contribution in [2.45, 2.75) is 70.6 Å². The highest BCUT2D eigenvalue weighted by Gasteiger charge is 2.27. The highest BCUT2D eigenvalue weighted by atomic mass is 19.3. The molecule has 1 aliphatic heterocycles. The molecule has 1 rings (SSSR count). The Morgan fingerprint density at radius 1 is 1.11 bits per heavy atom. The number of rotatable bonds is 0. The van der Waals surface area contributed by atoms with E-state index in [1.54, 1.807) is 0 Å². The number of halogens is 2. The highest BCUT2D eigenvalue weighted by molar-refractivity contribution is 5.69. The van der Waals surface area contributed by atoms with Gasteiger partial charge in [-0.05, 0) is 31.6 Å². The molecule has 2 nitrogen and oxygen atoms in total. The monoisotopic (exact) mass is 262 g/mol. The maximum absolute atomic E-state index is 13.5. The summed E-state index contributed by atoms with van der Waals surface area (Å²) in [6, 6.07) is 0. The van der Waals surface area contributed by atoms with Crippen molar-refractivity contribution in [3.63, 3.8) is 0 Å².